The molecule has 0 atom stereocenters. The maximum Gasteiger partial charge on any atom is 0.119 e. The first-order chi connectivity index (χ1) is 17.7. The topological polar surface area (TPSA) is 52.4 Å². The van der Waals surface area contributed by atoms with Gasteiger partial charge in [-0.2, -0.15) is 0 Å². The van der Waals surface area contributed by atoms with Gasteiger partial charge in [-0.3, -0.25) is 9.98 Å². The average molecular weight is 493 g/mol. The van der Waals surface area contributed by atoms with Gasteiger partial charge >= 0.3 is 0 Å². The minimum atomic E-state index is 0.568. The molecular weight excluding hydrogens is 448 g/mol. The van der Waals surface area contributed by atoms with E-state index in [1.807, 2.05) is 73.7 Å². The molecule has 0 fully saturated rings. The number of rotatable bonds is 18. The zero-order chi connectivity index (χ0) is 26.1. The van der Waals surface area contributed by atoms with Crippen LogP contribution >= 0.6 is 0 Å². The fourth-order valence-corrected chi connectivity index (χ4v) is 3.20. The van der Waals surface area contributed by atoms with Crippen LogP contribution in [0.3, 0.4) is 0 Å². The highest BCUT2D eigenvalue weighted by molar-refractivity contribution is 5.94. The van der Waals surface area contributed by atoms with Gasteiger partial charge in [0.1, 0.15) is 18.1 Å². The number of para-hydroxylation sites is 2. The van der Waals surface area contributed by atoms with Crippen LogP contribution in [0.1, 0.15) is 46.0 Å². The summed E-state index contributed by atoms with van der Waals surface area (Å²) in [5.74, 6) is 1.83. The minimum absolute atomic E-state index is 0.568. The molecule has 0 N–H and O–H groups in total. The second kappa shape index (κ2) is 22.3. The zero-order valence-corrected chi connectivity index (χ0v) is 22.2. The lowest BCUT2D eigenvalue weighted by atomic mass is 10.1. The molecule has 0 spiro atoms. The molecule has 0 unspecified atom stereocenters. The first-order valence-electron chi connectivity index (χ1n) is 13.0. The van der Waals surface area contributed by atoms with E-state index in [0.29, 0.717) is 19.8 Å². The molecule has 2 aromatic carbocycles. The lowest BCUT2D eigenvalue weighted by Crippen LogP contribution is -2.09. The second-order valence-electron chi connectivity index (χ2n) is 7.84. The largest absolute Gasteiger partial charge is 0.494 e. The average Bonchev–Trinajstić information content (AvgIpc) is 2.92. The summed E-state index contributed by atoms with van der Waals surface area (Å²) >= 11 is 0. The first-order valence-corrected chi connectivity index (χ1v) is 13.0. The Morgan fingerprint density at radius 2 is 1.17 bits per heavy atom. The summed E-state index contributed by atoms with van der Waals surface area (Å²) in [6.07, 6.45) is 8.90. The highest BCUT2D eigenvalue weighted by atomic mass is 16.5. The number of benzene rings is 2. The lowest BCUT2D eigenvalue weighted by molar-refractivity contribution is 0.105. The van der Waals surface area contributed by atoms with Crippen molar-refractivity contribution in [1.29, 1.82) is 0 Å². The molecule has 0 aliphatic heterocycles. The molecule has 2 aromatic rings. The molecule has 2 rings (SSSR count). The van der Waals surface area contributed by atoms with Crippen molar-refractivity contribution in [2.24, 2.45) is 9.98 Å². The van der Waals surface area contributed by atoms with Crippen molar-refractivity contribution in [3.63, 3.8) is 0 Å². The fraction of sp³-hybridized carbons (Fsp3) is 0.419. The van der Waals surface area contributed by atoms with E-state index in [-0.39, 0.29) is 0 Å². The highest BCUT2D eigenvalue weighted by Crippen LogP contribution is 2.10. The quantitative estimate of drug-likeness (QED) is 0.161. The Morgan fingerprint density at radius 3 is 1.69 bits per heavy atom. The number of nitrogens with zero attached hydrogens (tertiary/aromatic N) is 2. The number of ether oxygens (including phenoxy) is 3. The number of hydrogen-bond acceptors (Lipinski definition) is 5. The Labute approximate surface area is 218 Å². The standard InChI is InChI=1S/C16H23NO.C15H21NO2/c1-3-15(17-4-2)11-7-6-10-14-18-16-12-8-5-9-13-16;1-3-14(16-4-2)10-11-17-12-13-18-15-8-6-5-7-9-15/h3,5,8-9,12-13H,1,4,6-7,10-11,14H2,2H3;3,5-9H,1,4,10-13H2,2H3. The lowest BCUT2D eigenvalue weighted by Gasteiger charge is -2.07. The van der Waals surface area contributed by atoms with Crippen molar-refractivity contribution in [3.8, 4) is 11.5 Å². The van der Waals surface area contributed by atoms with Gasteiger partial charge in [0, 0.05) is 30.9 Å². The van der Waals surface area contributed by atoms with Crippen molar-refractivity contribution >= 4 is 11.4 Å². The molecule has 0 aliphatic carbocycles. The molecule has 5 nitrogen and oxygen atoms in total. The Hall–Kier alpha value is -3.18. The summed E-state index contributed by atoms with van der Waals surface area (Å²) in [6, 6.07) is 19.7. The van der Waals surface area contributed by atoms with Crippen LogP contribution < -0.4 is 9.47 Å². The molecule has 0 amide bonds. The van der Waals surface area contributed by atoms with Crippen molar-refractivity contribution in [2.75, 3.05) is 39.5 Å². The Bertz CT molecular complexity index is 790. The third-order valence-corrected chi connectivity index (χ3v) is 5.02. The molecule has 5 heteroatoms. The van der Waals surface area contributed by atoms with Gasteiger partial charge in [0.25, 0.3) is 0 Å². The minimum Gasteiger partial charge on any atom is -0.494 e. The van der Waals surface area contributed by atoms with Crippen LogP contribution in [-0.4, -0.2) is 50.9 Å². The molecule has 0 bridgehead atoms. The van der Waals surface area contributed by atoms with Crippen molar-refractivity contribution in [3.05, 3.63) is 86.0 Å². The predicted molar refractivity (Wildman–Crippen MR) is 154 cm³/mol. The van der Waals surface area contributed by atoms with E-state index in [2.05, 4.69) is 30.1 Å². The Morgan fingerprint density at radius 1 is 0.639 bits per heavy atom. The van der Waals surface area contributed by atoms with Gasteiger partial charge in [-0.25, -0.2) is 0 Å². The van der Waals surface area contributed by atoms with Gasteiger partial charge in [0.05, 0.1) is 19.8 Å². The van der Waals surface area contributed by atoms with Gasteiger partial charge < -0.3 is 14.2 Å². The summed E-state index contributed by atoms with van der Waals surface area (Å²) in [5.41, 5.74) is 2.13. The maximum absolute atomic E-state index is 5.64. The van der Waals surface area contributed by atoms with E-state index >= 15 is 0 Å². The Kier molecular flexibility index (Phi) is 19.1. The van der Waals surface area contributed by atoms with E-state index in [1.165, 1.54) is 6.42 Å². The number of allylic oxidation sites excluding steroid dienone is 2. The first kappa shape index (κ1) is 30.9. The molecule has 36 heavy (non-hydrogen) atoms. The van der Waals surface area contributed by atoms with Crippen LogP contribution in [0.2, 0.25) is 0 Å². The van der Waals surface area contributed by atoms with E-state index in [4.69, 9.17) is 14.2 Å². The van der Waals surface area contributed by atoms with Crippen LogP contribution in [0.25, 0.3) is 0 Å². The monoisotopic (exact) mass is 492 g/mol. The summed E-state index contributed by atoms with van der Waals surface area (Å²) in [5, 5.41) is 0. The van der Waals surface area contributed by atoms with Crippen LogP contribution in [-0.2, 0) is 4.74 Å². The fourth-order valence-electron chi connectivity index (χ4n) is 3.20. The maximum atomic E-state index is 5.64. The van der Waals surface area contributed by atoms with E-state index in [1.54, 1.807) is 6.08 Å². The van der Waals surface area contributed by atoms with Crippen LogP contribution in [0.4, 0.5) is 0 Å². The molecule has 0 aliphatic rings. The second-order valence-corrected chi connectivity index (χ2v) is 7.84. The van der Waals surface area contributed by atoms with E-state index in [9.17, 15) is 0 Å². The molecule has 0 radical (unpaired) electrons. The molecule has 0 saturated heterocycles. The number of aliphatic imine (C=N–C) groups is 2. The van der Waals surface area contributed by atoms with Crippen LogP contribution in [0, 0.1) is 0 Å². The smallest absolute Gasteiger partial charge is 0.119 e. The normalized spacial score (nSPS) is 11.3. The van der Waals surface area contributed by atoms with Crippen LogP contribution in [0.5, 0.6) is 11.5 Å². The van der Waals surface area contributed by atoms with Gasteiger partial charge in [0.2, 0.25) is 0 Å². The van der Waals surface area contributed by atoms with Crippen LogP contribution in [0.15, 0.2) is 96.0 Å². The van der Waals surface area contributed by atoms with Crippen molar-refractivity contribution in [1.82, 2.24) is 0 Å². The number of unbranched alkanes of at least 4 members (excludes halogenated alkanes) is 2. The number of hydrogen-bond donors (Lipinski definition) is 0. The van der Waals surface area contributed by atoms with E-state index in [0.717, 1.165) is 68.3 Å². The summed E-state index contributed by atoms with van der Waals surface area (Å²) < 4.78 is 16.6. The van der Waals surface area contributed by atoms with Crippen molar-refractivity contribution in [2.45, 2.75) is 46.0 Å². The molecule has 196 valence electrons. The van der Waals surface area contributed by atoms with Crippen molar-refractivity contribution < 1.29 is 14.2 Å². The predicted octanol–water partition coefficient (Wildman–Crippen LogP) is 7.39. The summed E-state index contributed by atoms with van der Waals surface area (Å²) in [6.45, 7) is 15.8. The molecular formula is C31H44N2O3. The van der Waals surface area contributed by atoms with Gasteiger partial charge in [-0.15, -0.1) is 0 Å². The summed E-state index contributed by atoms with van der Waals surface area (Å²) in [4.78, 5) is 8.67. The van der Waals surface area contributed by atoms with Gasteiger partial charge in [0.15, 0.2) is 0 Å². The van der Waals surface area contributed by atoms with Gasteiger partial charge in [-0.05, 0) is 75.9 Å². The highest BCUT2D eigenvalue weighted by Gasteiger charge is 1.97. The molecule has 0 heterocycles. The third-order valence-electron chi connectivity index (χ3n) is 5.02. The molecule has 0 aromatic heterocycles. The summed E-state index contributed by atoms with van der Waals surface area (Å²) in [7, 11) is 0. The zero-order valence-electron chi connectivity index (χ0n) is 22.2. The Balaban J connectivity index is 0.000000360. The third kappa shape index (κ3) is 16.4. The molecule has 0 saturated carbocycles. The SMILES string of the molecule is C=CC(CCCCCOc1ccccc1)=NCC.C=CC(CCOCCOc1ccccc1)=NCC. The van der Waals surface area contributed by atoms with Gasteiger partial charge in [-0.1, -0.05) is 49.6 Å². The van der Waals surface area contributed by atoms with E-state index < -0.39 is 0 Å².